The van der Waals surface area contributed by atoms with Gasteiger partial charge in [-0.2, -0.15) is 0 Å². The van der Waals surface area contributed by atoms with E-state index in [4.69, 9.17) is 11.6 Å². The number of aromatic nitrogens is 2. The molecule has 0 aliphatic rings. The zero-order valence-electron chi connectivity index (χ0n) is 12.2. The van der Waals surface area contributed by atoms with Crippen molar-refractivity contribution in [1.29, 1.82) is 0 Å². The van der Waals surface area contributed by atoms with E-state index in [0.717, 1.165) is 11.8 Å². The number of nitro benzene ring substituents is 1. The van der Waals surface area contributed by atoms with E-state index < -0.39 is 10.8 Å². The van der Waals surface area contributed by atoms with Gasteiger partial charge < -0.3 is 9.88 Å². The number of carbonyl (C=O) groups excluding carboxylic acids is 1. The second-order valence-corrected chi connectivity index (χ2v) is 5.30. The van der Waals surface area contributed by atoms with Crippen LogP contribution >= 0.6 is 11.6 Å². The molecule has 0 saturated heterocycles. The van der Waals surface area contributed by atoms with Gasteiger partial charge in [0.25, 0.3) is 11.6 Å². The number of non-ortho nitro benzene ring substituents is 1. The van der Waals surface area contributed by atoms with Crippen LogP contribution in [0.15, 0.2) is 61.2 Å². The smallest absolute Gasteiger partial charge is 0.270 e. The van der Waals surface area contributed by atoms with Crippen LogP contribution in [-0.2, 0) is 0 Å². The highest BCUT2D eigenvalue weighted by atomic mass is 35.5. The van der Waals surface area contributed by atoms with Crippen molar-refractivity contribution < 1.29 is 9.72 Å². The van der Waals surface area contributed by atoms with Crippen molar-refractivity contribution in [2.75, 3.05) is 5.32 Å². The third kappa shape index (κ3) is 3.26. The number of benzene rings is 2. The molecule has 0 aliphatic carbocycles. The first kappa shape index (κ1) is 15.7. The Bertz CT molecular complexity index is 892. The monoisotopic (exact) mass is 342 g/mol. The number of hydrogen-bond donors (Lipinski definition) is 1. The van der Waals surface area contributed by atoms with Gasteiger partial charge >= 0.3 is 0 Å². The Balaban J connectivity index is 1.80. The average Bonchev–Trinajstić information content (AvgIpc) is 3.10. The van der Waals surface area contributed by atoms with E-state index in [1.54, 1.807) is 30.9 Å². The average molecular weight is 343 g/mol. The molecule has 0 fully saturated rings. The number of nitrogens with zero attached hydrogens (tertiary/aromatic N) is 3. The fraction of sp³-hybridized carbons (Fsp3) is 0. The highest BCUT2D eigenvalue weighted by molar-refractivity contribution is 6.34. The van der Waals surface area contributed by atoms with Crippen molar-refractivity contribution in [3.05, 3.63) is 81.9 Å². The highest BCUT2D eigenvalue weighted by Gasteiger charge is 2.16. The van der Waals surface area contributed by atoms with Crippen molar-refractivity contribution in [3.63, 3.8) is 0 Å². The van der Waals surface area contributed by atoms with Crippen LogP contribution in [0.3, 0.4) is 0 Å². The fourth-order valence-electron chi connectivity index (χ4n) is 2.13. The largest absolute Gasteiger partial charge is 0.322 e. The molecule has 24 heavy (non-hydrogen) atoms. The number of amides is 1. The van der Waals surface area contributed by atoms with Gasteiger partial charge in [-0.15, -0.1) is 0 Å². The number of nitro groups is 1. The second-order valence-electron chi connectivity index (χ2n) is 4.89. The second kappa shape index (κ2) is 6.51. The van der Waals surface area contributed by atoms with E-state index in [2.05, 4.69) is 10.3 Å². The molecule has 0 radical (unpaired) electrons. The number of hydrogen-bond acceptors (Lipinski definition) is 4. The third-order valence-electron chi connectivity index (χ3n) is 3.33. The quantitative estimate of drug-likeness (QED) is 0.578. The Morgan fingerprint density at radius 2 is 1.96 bits per heavy atom. The lowest BCUT2D eigenvalue weighted by molar-refractivity contribution is -0.384. The number of carbonyl (C=O) groups is 1. The first-order valence-electron chi connectivity index (χ1n) is 6.88. The van der Waals surface area contributed by atoms with Crippen molar-refractivity contribution in [2.24, 2.45) is 0 Å². The van der Waals surface area contributed by atoms with Gasteiger partial charge in [-0.1, -0.05) is 11.6 Å². The van der Waals surface area contributed by atoms with Crippen LogP contribution in [0.25, 0.3) is 5.69 Å². The van der Waals surface area contributed by atoms with Crippen LogP contribution in [0, 0.1) is 10.1 Å². The maximum atomic E-state index is 12.3. The van der Waals surface area contributed by atoms with Crippen LogP contribution in [-0.4, -0.2) is 20.4 Å². The summed E-state index contributed by atoms with van der Waals surface area (Å²) in [5.41, 5.74) is 1.29. The van der Waals surface area contributed by atoms with E-state index in [1.807, 2.05) is 16.7 Å². The number of imidazole rings is 1. The molecule has 120 valence electrons. The lowest BCUT2D eigenvalue weighted by Crippen LogP contribution is -2.12. The lowest BCUT2D eigenvalue weighted by Gasteiger charge is -2.08. The molecular weight excluding hydrogens is 332 g/mol. The summed E-state index contributed by atoms with van der Waals surface area (Å²) in [6.07, 6.45) is 5.13. The molecule has 7 nitrogen and oxygen atoms in total. The van der Waals surface area contributed by atoms with Gasteiger partial charge in [0.05, 0.1) is 21.8 Å². The predicted molar refractivity (Wildman–Crippen MR) is 89.6 cm³/mol. The van der Waals surface area contributed by atoms with E-state index >= 15 is 0 Å². The van der Waals surface area contributed by atoms with Crippen LogP contribution < -0.4 is 5.32 Å². The van der Waals surface area contributed by atoms with Gasteiger partial charge in [-0.3, -0.25) is 14.9 Å². The summed E-state index contributed by atoms with van der Waals surface area (Å²) in [6, 6.07) is 10.8. The van der Waals surface area contributed by atoms with Gasteiger partial charge in [0.15, 0.2) is 0 Å². The summed E-state index contributed by atoms with van der Waals surface area (Å²) < 4.78 is 1.82. The molecule has 3 aromatic rings. The predicted octanol–water partition coefficient (Wildman–Crippen LogP) is 3.69. The Hall–Kier alpha value is -3.19. The molecule has 0 spiro atoms. The number of halogens is 1. The summed E-state index contributed by atoms with van der Waals surface area (Å²) in [4.78, 5) is 26.5. The minimum atomic E-state index is -0.576. The van der Waals surface area contributed by atoms with E-state index in [1.165, 1.54) is 12.1 Å². The number of anilines is 1. The van der Waals surface area contributed by atoms with Crippen molar-refractivity contribution in [2.45, 2.75) is 0 Å². The first-order valence-corrected chi connectivity index (χ1v) is 7.26. The Labute approximate surface area is 141 Å². The van der Waals surface area contributed by atoms with Crippen LogP contribution in [0.5, 0.6) is 0 Å². The molecule has 0 aliphatic heterocycles. The van der Waals surface area contributed by atoms with Gasteiger partial charge in [0, 0.05) is 35.9 Å². The zero-order chi connectivity index (χ0) is 17.1. The molecule has 0 atom stereocenters. The summed E-state index contributed by atoms with van der Waals surface area (Å²) in [7, 11) is 0. The van der Waals surface area contributed by atoms with Gasteiger partial charge in [0.1, 0.15) is 0 Å². The lowest BCUT2D eigenvalue weighted by atomic mass is 10.1. The third-order valence-corrected chi connectivity index (χ3v) is 3.66. The minimum absolute atomic E-state index is 0.0459. The minimum Gasteiger partial charge on any atom is -0.322 e. The summed E-state index contributed by atoms with van der Waals surface area (Å²) in [6.45, 7) is 0. The van der Waals surface area contributed by atoms with E-state index in [9.17, 15) is 14.9 Å². The summed E-state index contributed by atoms with van der Waals surface area (Å²) in [5.74, 6) is -0.515. The molecule has 0 unspecified atom stereocenters. The number of rotatable bonds is 4. The molecule has 0 saturated carbocycles. The normalized spacial score (nSPS) is 10.4. The maximum Gasteiger partial charge on any atom is 0.270 e. The van der Waals surface area contributed by atoms with Crippen LogP contribution in [0.4, 0.5) is 11.4 Å². The van der Waals surface area contributed by atoms with Crippen molar-refractivity contribution in [1.82, 2.24) is 9.55 Å². The first-order chi connectivity index (χ1) is 11.5. The molecule has 1 amide bonds. The zero-order valence-corrected chi connectivity index (χ0v) is 13.0. The van der Waals surface area contributed by atoms with Crippen LogP contribution in [0.2, 0.25) is 5.02 Å². The molecular formula is C16H11ClN4O3. The van der Waals surface area contributed by atoms with E-state index in [-0.39, 0.29) is 16.3 Å². The number of nitrogens with one attached hydrogen (secondary N) is 1. The SMILES string of the molecule is O=C(Nc1ccc(-n2ccnc2)cc1)c1cc([N+](=O)[O-])ccc1Cl. The topological polar surface area (TPSA) is 90.1 Å². The molecule has 1 aromatic heterocycles. The maximum absolute atomic E-state index is 12.3. The van der Waals surface area contributed by atoms with Gasteiger partial charge in [-0.25, -0.2) is 4.98 Å². The van der Waals surface area contributed by atoms with Crippen molar-refractivity contribution >= 4 is 28.9 Å². The fourth-order valence-corrected chi connectivity index (χ4v) is 2.33. The summed E-state index contributed by atoms with van der Waals surface area (Å²) >= 11 is 5.96. The Morgan fingerprint density at radius 3 is 2.58 bits per heavy atom. The molecule has 1 N–H and O–H groups in total. The van der Waals surface area contributed by atoms with Gasteiger partial charge in [0.2, 0.25) is 0 Å². The van der Waals surface area contributed by atoms with Gasteiger partial charge in [-0.05, 0) is 30.3 Å². The van der Waals surface area contributed by atoms with Crippen molar-refractivity contribution in [3.8, 4) is 5.69 Å². The molecule has 2 aromatic carbocycles. The molecule has 3 rings (SSSR count). The van der Waals surface area contributed by atoms with Crippen LogP contribution in [0.1, 0.15) is 10.4 Å². The Morgan fingerprint density at radius 1 is 1.21 bits per heavy atom. The highest BCUT2D eigenvalue weighted by Crippen LogP contribution is 2.23. The molecule has 0 bridgehead atoms. The molecule has 8 heteroatoms. The molecule has 1 heterocycles. The van der Waals surface area contributed by atoms with E-state index in [0.29, 0.717) is 5.69 Å². The summed E-state index contributed by atoms with van der Waals surface area (Å²) in [5, 5.41) is 13.6. The standard InChI is InChI=1S/C16H11ClN4O3/c17-15-6-5-13(21(23)24)9-14(15)16(22)19-11-1-3-12(4-2-11)20-8-7-18-10-20/h1-10H,(H,19,22). The Kier molecular flexibility index (Phi) is 4.26.